The molecule has 0 aliphatic rings. The summed E-state index contributed by atoms with van der Waals surface area (Å²) in [5.74, 6) is 1.74. The second-order valence-corrected chi connectivity index (χ2v) is 8.14. The van der Waals surface area contributed by atoms with Crippen LogP contribution in [0.3, 0.4) is 0 Å². The Hall–Kier alpha value is -4.46. The lowest BCUT2D eigenvalue weighted by Crippen LogP contribution is -2.02. The van der Waals surface area contributed by atoms with Crippen molar-refractivity contribution in [1.29, 1.82) is 0 Å². The van der Waals surface area contributed by atoms with E-state index < -0.39 is 0 Å². The molecule has 0 atom stereocenters. The van der Waals surface area contributed by atoms with Gasteiger partial charge < -0.3 is 19.9 Å². The number of fused-ring (bicyclic) bond motifs is 1. The molecule has 0 aliphatic heterocycles. The standard InChI is InChI=1S/C26H25N7O/c1-16-13-19(18-9-11-28-29-15-18)14-17(2)24(16)34-25-23-22(10-12-33(23)4)31-26(32-25)30-21-7-5-20(27-3)6-8-21/h5-15,27H,1-4H3,(H,30,31,32). The molecule has 0 saturated heterocycles. The van der Waals surface area contributed by atoms with Crippen LogP contribution >= 0.6 is 0 Å². The fraction of sp³-hybridized carbons (Fsp3) is 0.154. The summed E-state index contributed by atoms with van der Waals surface area (Å²) in [6, 6.07) is 16.0. The number of nitrogens with zero attached hydrogens (tertiary/aromatic N) is 5. The molecule has 2 aromatic carbocycles. The van der Waals surface area contributed by atoms with Crippen molar-refractivity contribution in [3.05, 3.63) is 78.2 Å². The number of aryl methyl sites for hydroxylation is 3. The highest BCUT2D eigenvalue weighted by Gasteiger charge is 2.16. The number of ether oxygens (including phenoxy) is 1. The number of benzene rings is 2. The van der Waals surface area contributed by atoms with Gasteiger partial charge in [-0.25, -0.2) is 4.98 Å². The Balaban J connectivity index is 1.52. The first-order valence-corrected chi connectivity index (χ1v) is 11.0. The Morgan fingerprint density at radius 2 is 1.59 bits per heavy atom. The summed E-state index contributed by atoms with van der Waals surface area (Å²) in [7, 11) is 3.85. The van der Waals surface area contributed by atoms with Crippen molar-refractivity contribution in [1.82, 2.24) is 24.7 Å². The zero-order valence-corrected chi connectivity index (χ0v) is 19.5. The SMILES string of the molecule is CNc1ccc(Nc2nc(Oc3c(C)cc(-c4ccnnc4)cc3C)c3c(ccn3C)n2)cc1. The van der Waals surface area contributed by atoms with E-state index in [0.717, 1.165) is 50.4 Å². The van der Waals surface area contributed by atoms with E-state index in [1.807, 2.05) is 75.1 Å². The molecule has 0 aliphatic carbocycles. The van der Waals surface area contributed by atoms with Gasteiger partial charge in [0.2, 0.25) is 11.8 Å². The van der Waals surface area contributed by atoms with Gasteiger partial charge in [0.1, 0.15) is 11.3 Å². The van der Waals surface area contributed by atoms with Gasteiger partial charge in [0.05, 0.1) is 17.9 Å². The third kappa shape index (κ3) is 4.13. The van der Waals surface area contributed by atoms with Gasteiger partial charge in [-0.15, -0.1) is 0 Å². The van der Waals surface area contributed by atoms with E-state index in [1.165, 1.54) is 0 Å². The van der Waals surface area contributed by atoms with Gasteiger partial charge >= 0.3 is 0 Å². The lowest BCUT2D eigenvalue weighted by molar-refractivity contribution is 0.459. The number of hydrogen-bond acceptors (Lipinski definition) is 7. The number of aromatic nitrogens is 5. The molecular weight excluding hydrogens is 426 g/mol. The molecule has 5 aromatic rings. The first-order valence-electron chi connectivity index (χ1n) is 11.0. The Morgan fingerprint density at radius 1 is 0.853 bits per heavy atom. The topological polar surface area (TPSA) is 89.8 Å². The molecule has 3 heterocycles. The lowest BCUT2D eigenvalue weighted by Gasteiger charge is -2.15. The molecule has 34 heavy (non-hydrogen) atoms. The molecule has 0 fully saturated rings. The van der Waals surface area contributed by atoms with Crippen molar-refractivity contribution in [3.63, 3.8) is 0 Å². The molecule has 0 spiro atoms. The fourth-order valence-corrected chi connectivity index (χ4v) is 3.97. The van der Waals surface area contributed by atoms with Crippen LogP contribution in [-0.2, 0) is 7.05 Å². The molecule has 0 amide bonds. The second-order valence-electron chi connectivity index (χ2n) is 8.14. The third-order valence-corrected chi connectivity index (χ3v) is 5.69. The first-order chi connectivity index (χ1) is 16.5. The summed E-state index contributed by atoms with van der Waals surface area (Å²) < 4.78 is 8.42. The molecule has 0 bridgehead atoms. The Kier molecular flexibility index (Phi) is 5.55. The molecule has 0 radical (unpaired) electrons. The molecule has 2 N–H and O–H groups in total. The van der Waals surface area contributed by atoms with E-state index in [0.29, 0.717) is 11.8 Å². The van der Waals surface area contributed by atoms with Crippen molar-refractivity contribution in [2.24, 2.45) is 7.05 Å². The number of hydrogen-bond donors (Lipinski definition) is 2. The summed E-state index contributed by atoms with van der Waals surface area (Å²) in [4.78, 5) is 9.41. The van der Waals surface area contributed by atoms with Gasteiger partial charge in [-0.2, -0.15) is 15.2 Å². The van der Waals surface area contributed by atoms with E-state index >= 15 is 0 Å². The van der Waals surface area contributed by atoms with Gasteiger partial charge in [-0.1, -0.05) is 0 Å². The summed E-state index contributed by atoms with van der Waals surface area (Å²) >= 11 is 0. The third-order valence-electron chi connectivity index (χ3n) is 5.69. The van der Waals surface area contributed by atoms with Crippen LogP contribution in [-0.4, -0.2) is 31.8 Å². The fourth-order valence-electron chi connectivity index (χ4n) is 3.97. The van der Waals surface area contributed by atoms with Crippen LogP contribution in [0.5, 0.6) is 11.6 Å². The van der Waals surface area contributed by atoms with Gasteiger partial charge in [0.25, 0.3) is 0 Å². The first kappa shape index (κ1) is 21.4. The van der Waals surface area contributed by atoms with Crippen LogP contribution in [0.25, 0.3) is 22.2 Å². The molecule has 0 saturated carbocycles. The van der Waals surface area contributed by atoms with Crippen LogP contribution in [0.15, 0.2) is 67.1 Å². The van der Waals surface area contributed by atoms with Crippen molar-refractivity contribution in [2.45, 2.75) is 13.8 Å². The Labute approximate surface area is 197 Å². The predicted molar refractivity (Wildman–Crippen MR) is 135 cm³/mol. The lowest BCUT2D eigenvalue weighted by atomic mass is 10.0. The minimum atomic E-state index is 0.473. The molecule has 8 nitrogen and oxygen atoms in total. The van der Waals surface area contributed by atoms with Crippen LogP contribution in [0.2, 0.25) is 0 Å². The van der Waals surface area contributed by atoms with E-state index in [-0.39, 0.29) is 0 Å². The maximum Gasteiger partial charge on any atom is 0.249 e. The minimum absolute atomic E-state index is 0.473. The highest BCUT2D eigenvalue weighted by molar-refractivity contribution is 5.83. The van der Waals surface area contributed by atoms with E-state index in [2.05, 4.69) is 37.9 Å². The molecular formula is C26H25N7O. The quantitative estimate of drug-likeness (QED) is 0.346. The number of rotatable bonds is 6. The van der Waals surface area contributed by atoms with Gasteiger partial charge in [0.15, 0.2) is 0 Å². The monoisotopic (exact) mass is 451 g/mol. The average Bonchev–Trinajstić information content (AvgIpc) is 3.23. The zero-order chi connectivity index (χ0) is 23.7. The largest absolute Gasteiger partial charge is 0.436 e. The van der Waals surface area contributed by atoms with E-state index in [4.69, 9.17) is 9.72 Å². The van der Waals surface area contributed by atoms with Crippen LogP contribution in [0.4, 0.5) is 17.3 Å². The average molecular weight is 452 g/mol. The van der Waals surface area contributed by atoms with Crippen molar-refractivity contribution in [2.75, 3.05) is 17.7 Å². The molecule has 5 rings (SSSR count). The Bertz CT molecular complexity index is 1440. The van der Waals surface area contributed by atoms with Gasteiger partial charge in [-0.3, -0.25) is 0 Å². The summed E-state index contributed by atoms with van der Waals surface area (Å²) in [5, 5.41) is 14.3. The van der Waals surface area contributed by atoms with E-state index in [1.54, 1.807) is 12.4 Å². The van der Waals surface area contributed by atoms with Crippen molar-refractivity contribution >= 4 is 28.4 Å². The summed E-state index contributed by atoms with van der Waals surface area (Å²) in [6.45, 7) is 4.07. The van der Waals surface area contributed by atoms with Crippen LogP contribution in [0, 0.1) is 13.8 Å². The Morgan fingerprint density at radius 3 is 2.26 bits per heavy atom. The van der Waals surface area contributed by atoms with Crippen molar-refractivity contribution < 1.29 is 4.74 Å². The van der Waals surface area contributed by atoms with Gasteiger partial charge in [-0.05, 0) is 79.1 Å². The normalized spacial score (nSPS) is 10.9. The summed E-state index contributed by atoms with van der Waals surface area (Å²) in [6.07, 6.45) is 5.41. The van der Waals surface area contributed by atoms with Crippen LogP contribution in [0.1, 0.15) is 11.1 Å². The molecule has 8 heteroatoms. The second kappa shape index (κ2) is 8.82. The molecule has 3 aromatic heterocycles. The highest BCUT2D eigenvalue weighted by atomic mass is 16.5. The minimum Gasteiger partial charge on any atom is -0.436 e. The summed E-state index contributed by atoms with van der Waals surface area (Å²) in [5.41, 5.74) is 7.64. The number of anilines is 3. The maximum atomic E-state index is 6.45. The van der Waals surface area contributed by atoms with Crippen molar-refractivity contribution in [3.8, 4) is 22.8 Å². The van der Waals surface area contributed by atoms with Crippen LogP contribution < -0.4 is 15.4 Å². The molecule has 0 unspecified atom stereocenters. The van der Waals surface area contributed by atoms with E-state index in [9.17, 15) is 0 Å². The maximum absolute atomic E-state index is 6.45. The molecule has 170 valence electrons. The zero-order valence-electron chi connectivity index (χ0n) is 19.5. The number of nitrogens with one attached hydrogen (secondary N) is 2. The van der Waals surface area contributed by atoms with Gasteiger partial charge in [0, 0.05) is 37.2 Å². The highest BCUT2D eigenvalue weighted by Crippen LogP contribution is 2.35. The smallest absolute Gasteiger partial charge is 0.249 e. The predicted octanol–water partition coefficient (Wildman–Crippen LogP) is 5.62.